The van der Waals surface area contributed by atoms with Crippen LogP contribution in [0.3, 0.4) is 0 Å². The fourth-order valence-electron chi connectivity index (χ4n) is 1.89. The van der Waals surface area contributed by atoms with Gasteiger partial charge < -0.3 is 10.4 Å². The average molecular weight is 256 g/mol. The predicted octanol–water partition coefficient (Wildman–Crippen LogP) is 3.40. The summed E-state index contributed by atoms with van der Waals surface area (Å²) in [6, 6.07) is 8.26. The summed E-state index contributed by atoms with van der Waals surface area (Å²) < 4.78 is 0. The van der Waals surface area contributed by atoms with Crippen LogP contribution in [0.15, 0.2) is 24.3 Å². The molecule has 0 aromatic heterocycles. The summed E-state index contributed by atoms with van der Waals surface area (Å²) in [6.07, 6.45) is 0.976. The first kappa shape index (κ1) is 14.5. The highest BCUT2D eigenvalue weighted by molar-refractivity contribution is 6.30. The van der Waals surface area contributed by atoms with E-state index in [-0.39, 0.29) is 18.7 Å². The Bertz CT molecular complexity index is 341. The van der Waals surface area contributed by atoms with Crippen LogP contribution in [-0.4, -0.2) is 17.8 Å². The van der Waals surface area contributed by atoms with Crippen LogP contribution in [0.4, 0.5) is 0 Å². The molecule has 0 spiro atoms. The number of rotatable bonds is 6. The first-order chi connectivity index (χ1) is 8.08. The van der Waals surface area contributed by atoms with Crippen LogP contribution >= 0.6 is 11.6 Å². The fourth-order valence-corrected chi connectivity index (χ4v) is 2.09. The Morgan fingerprint density at radius 3 is 2.53 bits per heavy atom. The fraction of sp³-hybridized carbons (Fsp3) is 0.571. The quantitative estimate of drug-likeness (QED) is 0.817. The van der Waals surface area contributed by atoms with Crippen molar-refractivity contribution in [3.8, 4) is 0 Å². The Hall–Kier alpha value is -0.570. The van der Waals surface area contributed by atoms with E-state index in [0.717, 1.165) is 11.4 Å². The second-order valence-corrected chi connectivity index (χ2v) is 5.15. The molecule has 0 fully saturated rings. The maximum Gasteiger partial charge on any atom is 0.0587 e. The number of hydrogen-bond donors (Lipinski definition) is 2. The monoisotopic (exact) mass is 255 g/mol. The molecule has 2 nitrogen and oxygen atoms in total. The van der Waals surface area contributed by atoms with Gasteiger partial charge in [-0.2, -0.15) is 0 Å². The van der Waals surface area contributed by atoms with Gasteiger partial charge in [0.1, 0.15) is 0 Å². The highest BCUT2D eigenvalue weighted by Gasteiger charge is 2.17. The number of aliphatic hydroxyl groups excluding tert-OH is 1. The van der Waals surface area contributed by atoms with Gasteiger partial charge in [0, 0.05) is 17.1 Å². The Kier molecular flexibility index (Phi) is 5.96. The van der Waals surface area contributed by atoms with Gasteiger partial charge in [-0.3, -0.25) is 0 Å². The van der Waals surface area contributed by atoms with Crippen molar-refractivity contribution in [3.63, 3.8) is 0 Å². The molecule has 0 bridgehead atoms. The van der Waals surface area contributed by atoms with Crippen LogP contribution < -0.4 is 5.32 Å². The zero-order valence-corrected chi connectivity index (χ0v) is 11.5. The van der Waals surface area contributed by atoms with Gasteiger partial charge in [-0.15, -0.1) is 0 Å². The molecule has 96 valence electrons. The van der Waals surface area contributed by atoms with Crippen LogP contribution in [-0.2, 0) is 0 Å². The lowest BCUT2D eigenvalue weighted by molar-refractivity contribution is 0.198. The van der Waals surface area contributed by atoms with Gasteiger partial charge in [0.25, 0.3) is 0 Å². The minimum absolute atomic E-state index is 0.124. The third-order valence-electron chi connectivity index (χ3n) is 3.08. The van der Waals surface area contributed by atoms with Crippen molar-refractivity contribution in [2.45, 2.75) is 39.3 Å². The van der Waals surface area contributed by atoms with E-state index in [1.807, 2.05) is 18.2 Å². The van der Waals surface area contributed by atoms with Gasteiger partial charge in [-0.25, -0.2) is 0 Å². The molecule has 0 aliphatic rings. The first-order valence-corrected chi connectivity index (χ1v) is 6.58. The highest BCUT2D eigenvalue weighted by atomic mass is 35.5. The van der Waals surface area contributed by atoms with Gasteiger partial charge >= 0.3 is 0 Å². The van der Waals surface area contributed by atoms with E-state index in [2.05, 4.69) is 32.2 Å². The van der Waals surface area contributed by atoms with Crippen molar-refractivity contribution < 1.29 is 5.11 Å². The summed E-state index contributed by atoms with van der Waals surface area (Å²) in [5.41, 5.74) is 1.18. The predicted molar refractivity (Wildman–Crippen MR) is 73.3 cm³/mol. The molecule has 0 radical (unpaired) electrons. The molecule has 2 N–H and O–H groups in total. The van der Waals surface area contributed by atoms with Gasteiger partial charge in [0.15, 0.2) is 0 Å². The van der Waals surface area contributed by atoms with Crippen LogP contribution in [0.1, 0.15) is 38.8 Å². The summed E-state index contributed by atoms with van der Waals surface area (Å²) in [6.45, 7) is 6.51. The largest absolute Gasteiger partial charge is 0.395 e. The summed E-state index contributed by atoms with van der Waals surface area (Å²) in [4.78, 5) is 0. The minimum Gasteiger partial charge on any atom is -0.395 e. The summed E-state index contributed by atoms with van der Waals surface area (Å²) in [5, 5.41) is 13.6. The van der Waals surface area contributed by atoms with Crippen LogP contribution in [0.25, 0.3) is 0 Å². The van der Waals surface area contributed by atoms with Gasteiger partial charge in [-0.1, -0.05) is 44.5 Å². The summed E-state index contributed by atoms with van der Waals surface area (Å²) >= 11 is 6.00. The molecule has 1 aromatic carbocycles. The molecule has 1 rings (SSSR count). The standard InChI is InChI=1S/C14H22ClNO/c1-4-13(16-14(9-17)10(2)3)11-6-5-7-12(15)8-11/h5-8,10,13-14,16-17H,4,9H2,1-3H3/t13?,14-/m1/s1. The number of nitrogens with one attached hydrogen (secondary N) is 1. The van der Waals surface area contributed by atoms with E-state index in [1.54, 1.807) is 0 Å². The molecule has 1 unspecified atom stereocenters. The second-order valence-electron chi connectivity index (χ2n) is 4.72. The molecule has 0 amide bonds. The van der Waals surface area contributed by atoms with Gasteiger partial charge in [0.2, 0.25) is 0 Å². The van der Waals surface area contributed by atoms with Crippen molar-refractivity contribution in [1.82, 2.24) is 5.32 Å². The Labute approximate surface area is 109 Å². The van der Waals surface area contributed by atoms with Gasteiger partial charge in [0.05, 0.1) is 6.61 Å². The molecule has 3 heteroatoms. The lowest BCUT2D eigenvalue weighted by Crippen LogP contribution is -2.39. The maximum absolute atomic E-state index is 9.35. The number of hydrogen-bond acceptors (Lipinski definition) is 2. The topological polar surface area (TPSA) is 32.3 Å². The molecule has 1 aromatic rings. The molecule has 0 heterocycles. The molecule has 17 heavy (non-hydrogen) atoms. The second kappa shape index (κ2) is 7.00. The van der Waals surface area contributed by atoms with Crippen molar-refractivity contribution in [1.29, 1.82) is 0 Å². The molecule has 0 saturated heterocycles. The van der Waals surface area contributed by atoms with Gasteiger partial charge in [-0.05, 0) is 30.0 Å². The summed E-state index contributed by atoms with van der Waals surface area (Å²) in [5.74, 6) is 0.410. The number of benzene rings is 1. The number of aliphatic hydroxyl groups is 1. The van der Waals surface area contributed by atoms with E-state index in [9.17, 15) is 5.11 Å². The van der Waals surface area contributed by atoms with E-state index in [4.69, 9.17) is 11.6 Å². The third kappa shape index (κ3) is 4.30. The smallest absolute Gasteiger partial charge is 0.0587 e. The molecule has 0 aliphatic heterocycles. The van der Waals surface area contributed by atoms with Crippen molar-refractivity contribution in [2.24, 2.45) is 5.92 Å². The average Bonchev–Trinajstić information content (AvgIpc) is 2.30. The molecular formula is C14H22ClNO. The number of halogens is 1. The van der Waals surface area contributed by atoms with E-state index >= 15 is 0 Å². The molecular weight excluding hydrogens is 234 g/mol. The zero-order chi connectivity index (χ0) is 12.8. The SMILES string of the molecule is CCC(N[C@H](CO)C(C)C)c1cccc(Cl)c1. The third-order valence-corrected chi connectivity index (χ3v) is 3.31. The Balaban J connectivity index is 2.78. The zero-order valence-electron chi connectivity index (χ0n) is 10.8. The van der Waals surface area contributed by atoms with Crippen molar-refractivity contribution in [2.75, 3.05) is 6.61 Å². The lowest BCUT2D eigenvalue weighted by atomic mass is 9.99. The minimum atomic E-state index is 0.124. The maximum atomic E-state index is 9.35. The van der Waals surface area contributed by atoms with E-state index in [1.165, 1.54) is 5.56 Å². The van der Waals surface area contributed by atoms with Crippen molar-refractivity contribution >= 4 is 11.6 Å². The van der Waals surface area contributed by atoms with Crippen LogP contribution in [0, 0.1) is 5.92 Å². The van der Waals surface area contributed by atoms with Crippen molar-refractivity contribution in [3.05, 3.63) is 34.9 Å². The highest BCUT2D eigenvalue weighted by Crippen LogP contribution is 2.21. The molecule has 0 aliphatic carbocycles. The van der Waals surface area contributed by atoms with Crippen LogP contribution in [0.2, 0.25) is 5.02 Å². The Morgan fingerprint density at radius 1 is 1.35 bits per heavy atom. The van der Waals surface area contributed by atoms with E-state index < -0.39 is 0 Å². The summed E-state index contributed by atoms with van der Waals surface area (Å²) in [7, 11) is 0. The Morgan fingerprint density at radius 2 is 2.06 bits per heavy atom. The first-order valence-electron chi connectivity index (χ1n) is 6.20. The lowest BCUT2D eigenvalue weighted by Gasteiger charge is -2.26. The van der Waals surface area contributed by atoms with E-state index in [0.29, 0.717) is 5.92 Å². The normalized spacial score (nSPS) is 14.9. The van der Waals surface area contributed by atoms with Crippen LogP contribution in [0.5, 0.6) is 0 Å². The molecule has 2 atom stereocenters. The molecule has 0 saturated carbocycles.